The van der Waals surface area contributed by atoms with Gasteiger partial charge in [-0.1, -0.05) is 41.9 Å². The first-order valence-electron chi connectivity index (χ1n) is 5.93. The van der Waals surface area contributed by atoms with Crippen LogP contribution < -0.4 is 4.74 Å². The highest BCUT2D eigenvalue weighted by molar-refractivity contribution is 9.09. The molecule has 0 aliphatic rings. The van der Waals surface area contributed by atoms with Crippen LogP contribution in [0.3, 0.4) is 0 Å². The smallest absolute Gasteiger partial charge is 0.119 e. The van der Waals surface area contributed by atoms with E-state index in [4.69, 9.17) is 9.47 Å². The molecule has 3 heteroatoms. The van der Waals surface area contributed by atoms with Crippen molar-refractivity contribution in [2.75, 3.05) is 12.4 Å². The topological polar surface area (TPSA) is 18.5 Å². The van der Waals surface area contributed by atoms with Crippen LogP contribution in [0.25, 0.3) is 0 Å². The van der Waals surface area contributed by atoms with Crippen molar-refractivity contribution >= 4 is 15.9 Å². The first kappa shape index (κ1) is 14.5. The normalized spacial score (nSPS) is 14.7. The molecule has 0 heterocycles. The zero-order chi connectivity index (χ0) is 12.8. The van der Waals surface area contributed by atoms with E-state index in [-0.39, 0.29) is 12.2 Å². The molecule has 0 saturated heterocycles. The number of rotatable bonds is 6. The second-order valence-electron chi connectivity index (χ2n) is 4.50. The molecule has 1 aromatic carbocycles. The van der Waals surface area contributed by atoms with Gasteiger partial charge < -0.3 is 9.47 Å². The Hall–Kier alpha value is -0.540. The van der Waals surface area contributed by atoms with Gasteiger partial charge in [-0.25, -0.2) is 0 Å². The van der Waals surface area contributed by atoms with Gasteiger partial charge in [0.25, 0.3) is 0 Å². The zero-order valence-corrected chi connectivity index (χ0v) is 12.5. The molecule has 1 rings (SSSR count). The summed E-state index contributed by atoms with van der Waals surface area (Å²) in [6, 6.07) is 8.04. The van der Waals surface area contributed by atoms with Crippen LogP contribution in [0.15, 0.2) is 24.3 Å². The Kier molecular flexibility index (Phi) is 6.00. The van der Waals surface area contributed by atoms with Gasteiger partial charge in [-0.15, -0.1) is 0 Å². The summed E-state index contributed by atoms with van der Waals surface area (Å²) in [5.41, 5.74) is 1.15. The van der Waals surface area contributed by atoms with Gasteiger partial charge in [0.1, 0.15) is 5.75 Å². The Morgan fingerprint density at radius 3 is 2.47 bits per heavy atom. The fourth-order valence-corrected chi connectivity index (χ4v) is 1.99. The van der Waals surface area contributed by atoms with Crippen molar-refractivity contribution in [3.8, 4) is 5.75 Å². The molecule has 17 heavy (non-hydrogen) atoms. The van der Waals surface area contributed by atoms with Crippen molar-refractivity contribution in [3.05, 3.63) is 29.8 Å². The third kappa shape index (κ3) is 4.32. The monoisotopic (exact) mass is 300 g/mol. The minimum atomic E-state index is 0.0718. The number of hydrogen-bond donors (Lipinski definition) is 0. The van der Waals surface area contributed by atoms with Crippen molar-refractivity contribution in [1.29, 1.82) is 0 Å². The molecule has 0 aliphatic heterocycles. The highest BCUT2D eigenvalue weighted by Crippen LogP contribution is 2.26. The Morgan fingerprint density at radius 1 is 1.24 bits per heavy atom. The number of alkyl halides is 1. The number of hydrogen-bond acceptors (Lipinski definition) is 2. The van der Waals surface area contributed by atoms with Crippen molar-refractivity contribution in [1.82, 2.24) is 0 Å². The van der Waals surface area contributed by atoms with Crippen LogP contribution in [-0.4, -0.2) is 18.5 Å². The van der Waals surface area contributed by atoms with E-state index in [1.54, 1.807) is 7.11 Å². The molecule has 1 aromatic rings. The van der Waals surface area contributed by atoms with Gasteiger partial charge in [0.15, 0.2) is 0 Å². The fourth-order valence-electron chi connectivity index (χ4n) is 1.46. The van der Waals surface area contributed by atoms with Crippen LogP contribution >= 0.6 is 15.9 Å². The Morgan fingerprint density at radius 2 is 1.94 bits per heavy atom. The Bertz CT molecular complexity index is 339. The molecule has 2 unspecified atom stereocenters. The van der Waals surface area contributed by atoms with Gasteiger partial charge in [-0.3, -0.25) is 0 Å². The van der Waals surface area contributed by atoms with Crippen LogP contribution in [0, 0.1) is 5.92 Å². The van der Waals surface area contributed by atoms with Gasteiger partial charge in [0, 0.05) is 5.33 Å². The number of ether oxygens (including phenoxy) is 2. The lowest BCUT2D eigenvalue weighted by Gasteiger charge is -2.24. The van der Waals surface area contributed by atoms with Crippen LogP contribution in [0.4, 0.5) is 0 Å². The molecule has 0 N–H and O–H groups in total. The number of methoxy groups -OCH3 is 1. The van der Waals surface area contributed by atoms with Gasteiger partial charge in [0.2, 0.25) is 0 Å². The average molecular weight is 301 g/mol. The van der Waals surface area contributed by atoms with Gasteiger partial charge >= 0.3 is 0 Å². The van der Waals surface area contributed by atoms with E-state index in [1.807, 2.05) is 18.2 Å². The predicted octanol–water partition coefficient (Wildman–Crippen LogP) is 4.19. The molecule has 0 amide bonds. The summed E-state index contributed by atoms with van der Waals surface area (Å²) in [5.74, 6) is 1.39. The molecule has 2 nitrogen and oxygen atoms in total. The SMILES string of the molecule is COc1cccc(C(CBr)OC(C)C(C)C)c1. The summed E-state index contributed by atoms with van der Waals surface area (Å²) < 4.78 is 11.3. The molecule has 96 valence electrons. The third-order valence-electron chi connectivity index (χ3n) is 2.92. The van der Waals surface area contributed by atoms with Crippen LogP contribution in [0.2, 0.25) is 0 Å². The molecule has 0 bridgehead atoms. The second-order valence-corrected chi connectivity index (χ2v) is 5.15. The Balaban J connectivity index is 2.78. The molecule has 0 saturated carbocycles. The number of halogens is 1. The average Bonchev–Trinajstić information content (AvgIpc) is 2.35. The van der Waals surface area contributed by atoms with Crippen LogP contribution in [0.5, 0.6) is 5.75 Å². The van der Waals surface area contributed by atoms with Gasteiger partial charge in [-0.05, 0) is 30.5 Å². The maximum atomic E-state index is 6.04. The summed E-state index contributed by atoms with van der Waals surface area (Å²) in [6.45, 7) is 6.45. The molecule has 0 radical (unpaired) electrons. The largest absolute Gasteiger partial charge is 0.497 e. The molecular weight excluding hydrogens is 280 g/mol. The lowest BCUT2D eigenvalue weighted by atomic mass is 10.1. The zero-order valence-electron chi connectivity index (χ0n) is 10.9. The summed E-state index contributed by atoms with van der Waals surface area (Å²) in [5, 5.41) is 0.789. The van der Waals surface area contributed by atoms with E-state index in [2.05, 4.69) is 42.8 Å². The molecule has 0 spiro atoms. The van der Waals surface area contributed by atoms with E-state index in [9.17, 15) is 0 Å². The second kappa shape index (κ2) is 7.02. The molecule has 0 aromatic heterocycles. The van der Waals surface area contributed by atoms with Crippen molar-refractivity contribution in [2.45, 2.75) is 33.0 Å². The molecule has 0 aliphatic carbocycles. The number of benzene rings is 1. The minimum absolute atomic E-state index is 0.0718. The molecular formula is C14H21BrO2. The Labute approximate surface area is 112 Å². The standard InChI is InChI=1S/C14H21BrO2/c1-10(2)11(3)17-14(9-15)12-6-5-7-13(8-12)16-4/h5-8,10-11,14H,9H2,1-4H3. The van der Waals surface area contributed by atoms with Gasteiger partial charge in [0.05, 0.1) is 19.3 Å². The summed E-state index contributed by atoms with van der Waals surface area (Å²) >= 11 is 3.51. The predicted molar refractivity (Wildman–Crippen MR) is 74.9 cm³/mol. The fraction of sp³-hybridized carbons (Fsp3) is 0.571. The van der Waals surface area contributed by atoms with E-state index in [1.165, 1.54) is 0 Å². The minimum Gasteiger partial charge on any atom is -0.497 e. The van der Waals surface area contributed by atoms with Gasteiger partial charge in [-0.2, -0.15) is 0 Å². The molecule has 0 fully saturated rings. The first-order valence-corrected chi connectivity index (χ1v) is 7.06. The van der Waals surface area contributed by atoms with E-state index >= 15 is 0 Å². The quantitative estimate of drug-likeness (QED) is 0.733. The molecule has 2 atom stereocenters. The van der Waals surface area contributed by atoms with Crippen molar-refractivity contribution < 1.29 is 9.47 Å². The summed E-state index contributed by atoms with van der Waals surface area (Å²) in [7, 11) is 1.68. The van der Waals surface area contributed by atoms with Crippen LogP contribution in [-0.2, 0) is 4.74 Å². The first-order chi connectivity index (χ1) is 8.08. The van der Waals surface area contributed by atoms with E-state index < -0.39 is 0 Å². The van der Waals surface area contributed by atoms with Crippen LogP contribution in [0.1, 0.15) is 32.4 Å². The highest BCUT2D eigenvalue weighted by atomic mass is 79.9. The van der Waals surface area contributed by atoms with Crippen molar-refractivity contribution in [3.63, 3.8) is 0 Å². The third-order valence-corrected chi connectivity index (χ3v) is 3.51. The lowest BCUT2D eigenvalue weighted by Crippen LogP contribution is -2.19. The lowest BCUT2D eigenvalue weighted by molar-refractivity contribution is -0.0142. The maximum absolute atomic E-state index is 6.04. The maximum Gasteiger partial charge on any atom is 0.119 e. The van der Waals surface area contributed by atoms with E-state index in [0.717, 1.165) is 16.6 Å². The van der Waals surface area contributed by atoms with Crippen molar-refractivity contribution in [2.24, 2.45) is 5.92 Å². The highest BCUT2D eigenvalue weighted by Gasteiger charge is 2.17. The summed E-state index contributed by atoms with van der Waals surface area (Å²) in [6.07, 6.45) is 0.311. The summed E-state index contributed by atoms with van der Waals surface area (Å²) in [4.78, 5) is 0. The van der Waals surface area contributed by atoms with E-state index in [0.29, 0.717) is 5.92 Å².